The van der Waals surface area contributed by atoms with Gasteiger partial charge in [0.15, 0.2) is 0 Å². The van der Waals surface area contributed by atoms with Gasteiger partial charge in [0.2, 0.25) is 0 Å². The molecule has 3 aliphatic rings. The number of aromatic nitrogens is 4. The highest BCUT2D eigenvalue weighted by atomic mass is 19.1. The fourth-order valence-electron chi connectivity index (χ4n) is 6.09. The number of imide groups is 1. The Hall–Kier alpha value is -4.90. The lowest BCUT2D eigenvalue weighted by molar-refractivity contribution is -0.136. The van der Waals surface area contributed by atoms with E-state index in [1.165, 1.54) is 17.0 Å². The summed E-state index contributed by atoms with van der Waals surface area (Å²) in [6, 6.07) is 10.1. The Kier molecular flexibility index (Phi) is 7.85. The lowest BCUT2D eigenvalue weighted by Gasteiger charge is -2.27. The van der Waals surface area contributed by atoms with Gasteiger partial charge < -0.3 is 14.4 Å². The van der Waals surface area contributed by atoms with Gasteiger partial charge in [0, 0.05) is 66.1 Å². The summed E-state index contributed by atoms with van der Waals surface area (Å²) in [5.41, 5.74) is 4.95. The van der Waals surface area contributed by atoms with Crippen molar-refractivity contribution in [1.29, 1.82) is 0 Å². The number of halogens is 1. The average Bonchev–Trinajstić information content (AvgIpc) is 3.65. The number of ether oxygens (including phenoxy) is 2. The SMILES string of the molecule is CCOc1cc(F)cc(N(CCN2C(=O)C3=CCCC=C3C2=O)c2ccc3ncc(-c4cnn(C5CCCCO5)c4)nc3c2)c1. The molecule has 230 valence electrons. The quantitative estimate of drug-likeness (QED) is 0.217. The minimum absolute atomic E-state index is 0.0835. The zero-order valence-corrected chi connectivity index (χ0v) is 25.0. The van der Waals surface area contributed by atoms with Crippen molar-refractivity contribution in [3.8, 4) is 17.0 Å². The second kappa shape index (κ2) is 12.2. The normalized spacial score (nSPS) is 18.2. The molecule has 0 N–H and O–H groups in total. The molecule has 0 bridgehead atoms. The van der Waals surface area contributed by atoms with E-state index in [0.29, 0.717) is 51.6 Å². The van der Waals surface area contributed by atoms with Gasteiger partial charge in [-0.1, -0.05) is 12.2 Å². The molecule has 2 aliphatic heterocycles. The molecule has 1 aliphatic carbocycles. The maximum absolute atomic E-state index is 14.8. The number of rotatable bonds is 9. The number of carbonyl (C=O) groups excluding carboxylic acids is 2. The molecule has 2 aromatic carbocycles. The lowest BCUT2D eigenvalue weighted by atomic mass is 10.0. The van der Waals surface area contributed by atoms with E-state index in [2.05, 4.69) is 10.1 Å². The molecule has 10 nitrogen and oxygen atoms in total. The van der Waals surface area contributed by atoms with Crippen LogP contribution in [0.3, 0.4) is 0 Å². The summed E-state index contributed by atoms with van der Waals surface area (Å²) in [6.07, 6.45) is 13.5. The van der Waals surface area contributed by atoms with E-state index in [9.17, 15) is 14.0 Å². The molecule has 2 fully saturated rings. The second-order valence-electron chi connectivity index (χ2n) is 11.3. The number of amides is 2. The zero-order valence-electron chi connectivity index (χ0n) is 25.0. The fraction of sp³-hybridized carbons (Fsp3) is 0.324. The van der Waals surface area contributed by atoms with E-state index in [4.69, 9.17) is 14.5 Å². The summed E-state index contributed by atoms with van der Waals surface area (Å²) in [6.45, 7) is 3.27. The number of benzene rings is 2. The molecule has 1 atom stereocenters. The Labute approximate surface area is 259 Å². The van der Waals surface area contributed by atoms with E-state index in [-0.39, 0.29) is 31.1 Å². The molecule has 11 heteroatoms. The number of fused-ring (bicyclic) bond motifs is 2. The third-order valence-electron chi connectivity index (χ3n) is 8.32. The topological polar surface area (TPSA) is 103 Å². The molecular weight excluding hydrogens is 575 g/mol. The summed E-state index contributed by atoms with van der Waals surface area (Å²) < 4.78 is 28.2. The summed E-state index contributed by atoms with van der Waals surface area (Å²) in [7, 11) is 0. The minimum Gasteiger partial charge on any atom is -0.494 e. The van der Waals surface area contributed by atoms with Gasteiger partial charge in [0.1, 0.15) is 17.8 Å². The fourth-order valence-corrected chi connectivity index (χ4v) is 6.09. The van der Waals surface area contributed by atoms with Gasteiger partial charge in [-0.05, 0) is 63.3 Å². The van der Waals surface area contributed by atoms with Crippen molar-refractivity contribution >= 4 is 34.2 Å². The van der Waals surface area contributed by atoms with E-state index < -0.39 is 5.82 Å². The predicted molar refractivity (Wildman–Crippen MR) is 166 cm³/mol. The van der Waals surface area contributed by atoms with Crippen LogP contribution in [0, 0.1) is 5.82 Å². The van der Waals surface area contributed by atoms with Crippen LogP contribution in [0.25, 0.3) is 22.3 Å². The summed E-state index contributed by atoms with van der Waals surface area (Å²) in [5, 5.41) is 4.52. The zero-order chi connectivity index (χ0) is 30.9. The van der Waals surface area contributed by atoms with Crippen LogP contribution in [0.2, 0.25) is 0 Å². The standard InChI is InChI=1S/C34H33FN6O4/c1-2-44-26-16-23(35)15-25(17-26)39(12-13-40-33(42)27-7-3-4-8-28(27)34(40)43)24-10-11-29-30(18-24)38-31(20-36-29)22-19-37-41(21-22)32-9-5-6-14-45-32/h7-8,10-11,15-21,32H,2-6,9,12-14H2,1H3. The van der Waals surface area contributed by atoms with E-state index in [0.717, 1.165) is 44.3 Å². The van der Waals surface area contributed by atoms with Crippen LogP contribution >= 0.6 is 0 Å². The second-order valence-corrected chi connectivity index (χ2v) is 11.3. The smallest absolute Gasteiger partial charge is 0.261 e. The highest BCUT2D eigenvalue weighted by Gasteiger charge is 2.39. The molecule has 1 unspecified atom stereocenters. The van der Waals surface area contributed by atoms with Crippen molar-refractivity contribution in [2.45, 2.75) is 45.3 Å². The van der Waals surface area contributed by atoms with Gasteiger partial charge in [-0.2, -0.15) is 5.10 Å². The van der Waals surface area contributed by atoms with Gasteiger partial charge in [0.05, 0.1) is 35.7 Å². The van der Waals surface area contributed by atoms with Crippen LogP contribution < -0.4 is 9.64 Å². The Morgan fingerprint density at radius 3 is 2.58 bits per heavy atom. The van der Waals surface area contributed by atoms with Crippen molar-refractivity contribution in [2.24, 2.45) is 0 Å². The minimum atomic E-state index is -0.461. The molecule has 2 aromatic heterocycles. The molecule has 4 heterocycles. The van der Waals surface area contributed by atoms with Crippen molar-refractivity contribution in [1.82, 2.24) is 24.6 Å². The van der Waals surface area contributed by atoms with E-state index in [1.54, 1.807) is 18.5 Å². The number of likely N-dealkylation sites (tertiary alicyclic amines) is 1. The summed E-state index contributed by atoms with van der Waals surface area (Å²) in [5.74, 6) is -0.673. The highest BCUT2D eigenvalue weighted by Crippen LogP contribution is 2.34. The summed E-state index contributed by atoms with van der Waals surface area (Å²) >= 11 is 0. The van der Waals surface area contributed by atoms with Crippen molar-refractivity contribution in [2.75, 3.05) is 31.2 Å². The number of nitrogens with zero attached hydrogens (tertiary/aromatic N) is 6. The highest BCUT2D eigenvalue weighted by molar-refractivity contribution is 6.24. The first kappa shape index (κ1) is 28.8. The largest absolute Gasteiger partial charge is 0.494 e. The average molecular weight is 609 g/mol. The summed E-state index contributed by atoms with van der Waals surface area (Å²) in [4.78, 5) is 39.0. The molecule has 2 amide bonds. The molecule has 0 spiro atoms. The first-order chi connectivity index (χ1) is 22.0. The van der Waals surface area contributed by atoms with Gasteiger partial charge >= 0.3 is 0 Å². The van der Waals surface area contributed by atoms with Gasteiger partial charge in [-0.15, -0.1) is 0 Å². The monoisotopic (exact) mass is 608 g/mol. The van der Waals surface area contributed by atoms with Crippen molar-refractivity contribution < 1.29 is 23.5 Å². The number of anilines is 2. The molecule has 0 radical (unpaired) electrons. The lowest BCUT2D eigenvalue weighted by Crippen LogP contribution is -2.36. The van der Waals surface area contributed by atoms with Crippen molar-refractivity contribution in [3.05, 3.63) is 84.1 Å². The van der Waals surface area contributed by atoms with Crippen molar-refractivity contribution in [3.63, 3.8) is 0 Å². The van der Waals surface area contributed by atoms with Crippen LogP contribution in [0.5, 0.6) is 5.75 Å². The van der Waals surface area contributed by atoms with E-state index >= 15 is 0 Å². The Morgan fingerprint density at radius 1 is 1.00 bits per heavy atom. The predicted octanol–water partition coefficient (Wildman–Crippen LogP) is 5.88. The Morgan fingerprint density at radius 2 is 1.82 bits per heavy atom. The third kappa shape index (κ3) is 5.71. The first-order valence-corrected chi connectivity index (χ1v) is 15.4. The number of hydrogen-bond donors (Lipinski definition) is 0. The third-order valence-corrected chi connectivity index (χ3v) is 8.32. The maximum atomic E-state index is 14.8. The van der Waals surface area contributed by atoms with Crippen LogP contribution in [0.4, 0.5) is 15.8 Å². The molecule has 7 rings (SSSR count). The number of carbonyl (C=O) groups is 2. The van der Waals surface area contributed by atoms with Crippen LogP contribution in [0.1, 0.15) is 45.3 Å². The van der Waals surface area contributed by atoms with Crippen LogP contribution in [-0.2, 0) is 14.3 Å². The molecule has 2 saturated heterocycles. The number of allylic oxidation sites excluding steroid dienone is 2. The van der Waals surface area contributed by atoms with Gasteiger partial charge in [-0.25, -0.2) is 14.1 Å². The Bertz CT molecular complexity index is 1810. The molecule has 0 saturated carbocycles. The van der Waals surface area contributed by atoms with Crippen LogP contribution in [0.15, 0.2) is 78.3 Å². The maximum Gasteiger partial charge on any atom is 0.261 e. The Balaban J connectivity index is 1.22. The number of hydrogen-bond acceptors (Lipinski definition) is 8. The molecular formula is C34H33FN6O4. The molecule has 45 heavy (non-hydrogen) atoms. The first-order valence-electron chi connectivity index (χ1n) is 15.4. The van der Waals surface area contributed by atoms with Gasteiger partial charge in [-0.3, -0.25) is 19.5 Å². The van der Waals surface area contributed by atoms with E-state index in [1.807, 2.05) is 53.1 Å². The molecule has 4 aromatic rings. The van der Waals surface area contributed by atoms with Gasteiger partial charge in [0.25, 0.3) is 11.8 Å². The van der Waals surface area contributed by atoms with Crippen LogP contribution in [-0.4, -0.2) is 62.8 Å².